The summed E-state index contributed by atoms with van der Waals surface area (Å²) in [5.74, 6) is 0. The smallest absolute Gasteiger partial charge is 0.0662 e. The van der Waals surface area contributed by atoms with Crippen LogP contribution in [0.25, 0.3) is 0 Å². The molecule has 98 valence electrons. The molecule has 0 aromatic rings. The van der Waals surface area contributed by atoms with Crippen LogP contribution in [0.3, 0.4) is 0 Å². The fourth-order valence-electron chi connectivity index (χ4n) is 0.918. The second-order valence-electron chi connectivity index (χ2n) is 3.29. The second-order valence-corrected chi connectivity index (χ2v) is 3.29. The van der Waals surface area contributed by atoms with Gasteiger partial charge in [-0.25, -0.2) is 0 Å². The molecule has 0 aromatic heterocycles. The number of hydrogen-bond donors (Lipinski definition) is 2. The normalized spacial score (nSPS) is 8.71. The molecule has 0 rings (SSSR count). The van der Waals surface area contributed by atoms with Gasteiger partial charge in [-0.15, -0.1) is 0 Å². The van der Waals surface area contributed by atoms with Gasteiger partial charge in [0.2, 0.25) is 0 Å². The van der Waals surface area contributed by atoms with Crippen LogP contribution in [0.2, 0.25) is 0 Å². The van der Waals surface area contributed by atoms with Crippen LogP contribution in [0.4, 0.5) is 0 Å². The fourth-order valence-corrected chi connectivity index (χ4v) is 0.918. The van der Waals surface area contributed by atoms with Gasteiger partial charge in [-0.3, -0.25) is 0 Å². The Labute approximate surface area is 103 Å². The minimum Gasteiger partial charge on any atom is -0.394 e. The molecule has 2 N–H and O–H groups in total. The van der Waals surface area contributed by atoms with Crippen LogP contribution < -0.4 is 0 Å². The number of ether oxygens (including phenoxy) is 1. The summed E-state index contributed by atoms with van der Waals surface area (Å²) < 4.78 is 5.31. The molecule has 0 aliphatic heterocycles. The molecule has 0 unspecified atom stereocenters. The summed E-state index contributed by atoms with van der Waals surface area (Å²) in [6.07, 6.45) is 5.02. The second kappa shape index (κ2) is 20.3. The summed E-state index contributed by atoms with van der Waals surface area (Å²) in [5.41, 5.74) is 0. The minimum absolute atomic E-state index is 0.125. The minimum atomic E-state index is -0.125. The fraction of sp³-hybridized carbons (Fsp3) is 0.833. The van der Waals surface area contributed by atoms with Crippen LogP contribution in [0.1, 0.15) is 38.5 Å². The zero-order valence-electron chi connectivity index (χ0n) is 10.3. The molecule has 0 bridgehead atoms. The molecule has 0 amide bonds. The molecule has 0 heterocycles. The van der Waals surface area contributed by atoms with Gasteiger partial charge in [0.15, 0.2) is 0 Å². The van der Waals surface area contributed by atoms with Crippen molar-refractivity contribution in [2.24, 2.45) is 0 Å². The van der Waals surface area contributed by atoms with Crippen LogP contribution in [0, 0.1) is 22.7 Å². The summed E-state index contributed by atoms with van der Waals surface area (Å²) in [4.78, 5) is 0. The highest BCUT2D eigenvalue weighted by atomic mass is 16.5. The van der Waals surface area contributed by atoms with Crippen LogP contribution in [-0.2, 0) is 4.74 Å². The maximum absolute atomic E-state index is 8.24. The van der Waals surface area contributed by atoms with E-state index in [9.17, 15) is 0 Å². The summed E-state index contributed by atoms with van der Waals surface area (Å²) >= 11 is 0. The molecule has 0 aromatic carbocycles. The van der Waals surface area contributed by atoms with E-state index in [-0.39, 0.29) is 13.2 Å². The Morgan fingerprint density at radius 3 is 1.47 bits per heavy atom. The van der Waals surface area contributed by atoms with E-state index in [0.29, 0.717) is 12.8 Å². The first-order chi connectivity index (χ1) is 8.33. The molecule has 0 spiro atoms. The Morgan fingerprint density at radius 2 is 1.18 bits per heavy atom. The van der Waals surface area contributed by atoms with E-state index in [1.165, 1.54) is 0 Å². The van der Waals surface area contributed by atoms with E-state index >= 15 is 0 Å². The van der Waals surface area contributed by atoms with Gasteiger partial charge in [0, 0.05) is 26.1 Å². The first-order valence-electron chi connectivity index (χ1n) is 5.86. The van der Waals surface area contributed by atoms with Crippen LogP contribution in [0.15, 0.2) is 0 Å². The third-order valence-corrected chi connectivity index (χ3v) is 1.75. The highest BCUT2D eigenvalue weighted by Gasteiger charge is 1.90. The van der Waals surface area contributed by atoms with Gasteiger partial charge in [0.05, 0.1) is 25.4 Å². The van der Waals surface area contributed by atoms with E-state index in [0.717, 1.165) is 38.9 Å². The zero-order valence-corrected chi connectivity index (χ0v) is 10.3. The quantitative estimate of drug-likeness (QED) is 0.595. The van der Waals surface area contributed by atoms with Crippen molar-refractivity contribution in [1.29, 1.82) is 10.5 Å². The largest absolute Gasteiger partial charge is 0.394 e. The highest BCUT2D eigenvalue weighted by Crippen LogP contribution is 1.97. The van der Waals surface area contributed by atoms with Gasteiger partial charge in [0.1, 0.15) is 0 Å². The van der Waals surface area contributed by atoms with Gasteiger partial charge >= 0.3 is 0 Å². The van der Waals surface area contributed by atoms with Crippen LogP contribution in [-0.4, -0.2) is 36.6 Å². The summed E-state index contributed by atoms with van der Waals surface area (Å²) in [6.45, 7) is 1.24. The average molecular weight is 242 g/mol. The Bertz CT molecular complexity index is 187. The Balaban J connectivity index is 0. The zero-order chi connectivity index (χ0) is 13.2. The van der Waals surface area contributed by atoms with Crippen LogP contribution >= 0.6 is 0 Å². The first kappa shape index (κ1) is 18.2. The molecule has 17 heavy (non-hydrogen) atoms. The predicted molar refractivity (Wildman–Crippen MR) is 63.9 cm³/mol. The molecular weight excluding hydrogens is 220 g/mol. The van der Waals surface area contributed by atoms with Gasteiger partial charge in [-0.05, 0) is 25.7 Å². The maximum Gasteiger partial charge on any atom is 0.0662 e. The maximum atomic E-state index is 8.24. The van der Waals surface area contributed by atoms with Crippen molar-refractivity contribution >= 4 is 0 Å². The summed E-state index contributed by atoms with van der Waals surface area (Å²) in [5, 5.41) is 31.7. The van der Waals surface area contributed by atoms with E-state index in [1.807, 2.05) is 0 Å². The van der Waals surface area contributed by atoms with Gasteiger partial charge < -0.3 is 14.9 Å². The van der Waals surface area contributed by atoms with Crippen molar-refractivity contribution in [3.63, 3.8) is 0 Å². The van der Waals surface area contributed by atoms with Crippen molar-refractivity contribution < 1.29 is 14.9 Å². The lowest BCUT2D eigenvalue weighted by atomic mass is 10.2. The molecule has 0 fully saturated rings. The molecule has 0 saturated heterocycles. The monoisotopic (exact) mass is 242 g/mol. The number of aliphatic hydroxyl groups excluding tert-OH is 2. The number of nitriles is 2. The lowest BCUT2D eigenvalue weighted by Gasteiger charge is -2.01. The average Bonchev–Trinajstić information content (AvgIpc) is 2.37. The van der Waals surface area contributed by atoms with Crippen molar-refractivity contribution in [1.82, 2.24) is 0 Å². The summed E-state index contributed by atoms with van der Waals surface area (Å²) in [6, 6.07) is 4.19. The van der Waals surface area contributed by atoms with Crippen molar-refractivity contribution in [3.05, 3.63) is 0 Å². The van der Waals surface area contributed by atoms with Crippen molar-refractivity contribution in [3.8, 4) is 12.1 Å². The number of aliphatic hydroxyl groups is 2. The van der Waals surface area contributed by atoms with Crippen molar-refractivity contribution in [2.75, 3.05) is 26.4 Å². The number of hydrogen-bond acceptors (Lipinski definition) is 5. The Morgan fingerprint density at radius 1 is 0.765 bits per heavy atom. The molecule has 0 radical (unpaired) electrons. The van der Waals surface area contributed by atoms with E-state index < -0.39 is 0 Å². The first-order valence-corrected chi connectivity index (χ1v) is 5.86. The molecule has 5 heteroatoms. The molecule has 0 aliphatic carbocycles. The van der Waals surface area contributed by atoms with Crippen molar-refractivity contribution in [2.45, 2.75) is 38.5 Å². The molecule has 0 saturated carbocycles. The third kappa shape index (κ3) is 25.3. The van der Waals surface area contributed by atoms with E-state index in [1.54, 1.807) is 0 Å². The molecule has 5 nitrogen and oxygen atoms in total. The molecule has 0 atom stereocenters. The van der Waals surface area contributed by atoms with Gasteiger partial charge in [0.25, 0.3) is 0 Å². The molecular formula is C12H22N2O3. The Hall–Kier alpha value is -1.14. The molecule has 0 aliphatic rings. The van der Waals surface area contributed by atoms with E-state index in [2.05, 4.69) is 12.1 Å². The van der Waals surface area contributed by atoms with Crippen LogP contribution in [0.5, 0.6) is 0 Å². The lowest BCUT2D eigenvalue weighted by molar-refractivity contribution is 0.127. The lowest BCUT2D eigenvalue weighted by Crippen LogP contribution is -1.96. The standard InChI is InChI=1S/C10H16N2O.C2H6O2/c11-7-3-1-5-9-13-10-6-2-4-8-12;3-1-2-4/h1-6,9-10H2;3-4H,1-2H2. The third-order valence-electron chi connectivity index (χ3n) is 1.75. The van der Waals surface area contributed by atoms with Gasteiger partial charge in [-0.1, -0.05) is 0 Å². The highest BCUT2D eigenvalue weighted by molar-refractivity contribution is 4.68. The van der Waals surface area contributed by atoms with E-state index in [4.69, 9.17) is 25.5 Å². The number of unbranched alkanes of at least 4 members (excludes halogenated alkanes) is 4. The Kier molecular flexibility index (Phi) is 21.8. The topological polar surface area (TPSA) is 97.3 Å². The predicted octanol–water partition coefficient (Wildman–Crippen LogP) is 1.36. The summed E-state index contributed by atoms with van der Waals surface area (Å²) in [7, 11) is 0. The number of rotatable bonds is 9. The van der Waals surface area contributed by atoms with Gasteiger partial charge in [-0.2, -0.15) is 10.5 Å². The number of nitrogens with zero attached hydrogens (tertiary/aromatic N) is 2. The SMILES string of the molecule is N#CCCCCOCCCCC#N.OCCO.